The molecule has 1 amide bonds. The Hall–Kier alpha value is -2.03. The maximum atomic E-state index is 15.0. The molecule has 1 fully saturated rings. The lowest BCUT2D eigenvalue weighted by Crippen LogP contribution is -2.49. The number of ether oxygens (including phenoxy) is 1. The van der Waals surface area contributed by atoms with Crippen LogP contribution in [0.15, 0.2) is 23.1 Å². The number of hydrogen-bond acceptors (Lipinski definition) is 6. The Morgan fingerprint density at radius 3 is 2.52 bits per heavy atom. The number of anilines is 1. The summed E-state index contributed by atoms with van der Waals surface area (Å²) in [6.45, 7) is 5.62. The van der Waals surface area contributed by atoms with Gasteiger partial charge in [0.1, 0.15) is 11.3 Å². The maximum absolute atomic E-state index is 15.0. The average Bonchev–Trinajstić information content (AvgIpc) is 2.47. The van der Waals surface area contributed by atoms with Crippen molar-refractivity contribution in [2.24, 2.45) is 0 Å². The van der Waals surface area contributed by atoms with Crippen LogP contribution in [0, 0.1) is 10.1 Å². The monoisotopic (exact) mass is 371 g/mol. The van der Waals surface area contributed by atoms with Crippen LogP contribution in [-0.4, -0.2) is 40.4 Å². The van der Waals surface area contributed by atoms with Gasteiger partial charge in [0.2, 0.25) is 0 Å². The minimum absolute atomic E-state index is 0.00598. The van der Waals surface area contributed by atoms with Crippen LogP contribution in [0.2, 0.25) is 0 Å². The highest BCUT2D eigenvalue weighted by Crippen LogP contribution is 2.34. The first-order valence-corrected chi connectivity index (χ1v) is 8.36. The number of likely N-dealkylation sites (tertiary alicyclic amines) is 1. The van der Waals surface area contributed by atoms with Gasteiger partial charge in [0.25, 0.3) is 5.69 Å². The Kier molecular flexibility index (Phi) is 5.46. The molecule has 1 aromatic carbocycles. The summed E-state index contributed by atoms with van der Waals surface area (Å²) in [7, 11) is 0. The normalized spacial score (nSPS) is 17.1. The fourth-order valence-electron chi connectivity index (χ4n) is 2.51. The molecule has 0 spiro atoms. The van der Waals surface area contributed by atoms with E-state index in [4.69, 9.17) is 4.74 Å². The maximum Gasteiger partial charge on any atom is 0.410 e. The van der Waals surface area contributed by atoms with E-state index in [1.807, 2.05) is 0 Å². The average molecular weight is 371 g/mol. The van der Waals surface area contributed by atoms with Gasteiger partial charge in [-0.15, -0.1) is 12.6 Å². The molecule has 1 N–H and O–H groups in total. The van der Waals surface area contributed by atoms with Crippen molar-refractivity contribution in [3.05, 3.63) is 28.3 Å². The third-order valence-corrected chi connectivity index (χ3v) is 4.02. The Bertz CT molecular complexity index is 670. The van der Waals surface area contributed by atoms with E-state index in [1.165, 1.54) is 17.0 Å². The first-order chi connectivity index (χ1) is 11.5. The summed E-state index contributed by atoms with van der Waals surface area (Å²) >= 11 is 4.07. The van der Waals surface area contributed by atoms with E-state index in [9.17, 15) is 14.9 Å². The quantitative estimate of drug-likeness (QED) is 0.363. The van der Waals surface area contributed by atoms with E-state index in [0.29, 0.717) is 4.90 Å². The number of amides is 1. The largest absolute Gasteiger partial charge is 0.444 e. The number of carbonyl (C=O) groups is 1. The molecule has 1 saturated heterocycles. The predicted octanol–water partition coefficient (Wildman–Crippen LogP) is 3.99. The lowest BCUT2D eigenvalue weighted by Gasteiger charge is -2.37. The van der Waals surface area contributed by atoms with Crippen molar-refractivity contribution in [2.45, 2.75) is 49.9 Å². The predicted molar refractivity (Wildman–Crippen MR) is 94.9 cm³/mol. The van der Waals surface area contributed by atoms with Gasteiger partial charge in [-0.05, 0) is 32.9 Å². The number of carbonyl (C=O) groups excluding carboxylic acids is 1. The van der Waals surface area contributed by atoms with Crippen LogP contribution in [0.3, 0.4) is 0 Å². The number of halogens is 1. The van der Waals surface area contributed by atoms with Gasteiger partial charge in [-0.2, -0.15) is 0 Å². The molecular formula is C16H22FN3O4S. The molecule has 0 aliphatic carbocycles. The number of thiol groups is 1. The highest BCUT2D eigenvalue weighted by molar-refractivity contribution is 7.80. The molecule has 0 atom stereocenters. The van der Waals surface area contributed by atoms with Crippen molar-refractivity contribution in [1.82, 2.24) is 4.90 Å². The smallest absolute Gasteiger partial charge is 0.410 e. The van der Waals surface area contributed by atoms with Crippen LogP contribution in [0.5, 0.6) is 0 Å². The number of nitrogens with one attached hydrogen (secondary N) is 1. The summed E-state index contributed by atoms with van der Waals surface area (Å²) in [5.41, 5.74) is -0.760. The molecular weight excluding hydrogens is 349 g/mol. The third-order valence-electron chi connectivity index (χ3n) is 3.74. The molecule has 25 heavy (non-hydrogen) atoms. The molecule has 9 heteroatoms. The molecule has 0 radical (unpaired) electrons. The van der Waals surface area contributed by atoms with E-state index in [0.717, 1.165) is 0 Å². The Labute approximate surface area is 151 Å². The number of rotatable bonds is 3. The van der Waals surface area contributed by atoms with Crippen molar-refractivity contribution < 1.29 is 18.8 Å². The molecule has 2 rings (SSSR count). The molecule has 0 saturated carbocycles. The second-order valence-electron chi connectivity index (χ2n) is 7.02. The SMILES string of the molecule is CC(C)(C)OC(=O)N1CCC(F)(Nc2ccc(S)cc2[N+](=O)[O-])CC1. The summed E-state index contributed by atoms with van der Waals surface area (Å²) in [4.78, 5) is 24.4. The standard InChI is InChI=1S/C16H22FN3O4S/c1-15(2,3)24-14(21)19-8-6-16(17,7-9-19)18-12-5-4-11(25)10-13(12)20(22)23/h4-5,10,18,25H,6-9H2,1-3H3. The second-order valence-corrected chi connectivity index (χ2v) is 7.53. The number of piperidine rings is 1. The van der Waals surface area contributed by atoms with Gasteiger partial charge in [-0.3, -0.25) is 10.1 Å². The number of nitro groups is 1. The molecule has 1 aliphatic rings. The number of nitro benzene ring substituents is 1. The highest BCUT2D eigenvalue weighted by atomic mass is 32.1. The second kappa shape index (κ2) is 7.07. The summed E-state index contributed by atoms with van der Waals surface area (Å²) in [6.07, 6.45) is -0.474. The first kappa shape index (κ1) is 19.3. The Balaban J connectivity index is 2.04. The molecule has 138 valence electrons. The van der Waals surface area contributed by atoms with Crippen LogP contribution in [-0.2, 0) is 4.74 Å². The lowest BCUT2D eigenvalue weighted by molar-refractivity contribution is -0.384. The molecule has 0 unspecified atom stereocenters. The molecule has 7 nitrogen and oxygen atoms in total. The minimum Gasteiger partial charge on any atom is -0.444 e. The van der Waals surface area contributed by atoms with Crippen LogP contribution in [0.25, 0.3) is 0 Å². The van der Waals surface area contributed by atoms with Gasteiger partial charge < -0.3 is 15.0 Å². The number of nitrogens with zero attached hydrogens (tertiary/aromatic N) is 2. The summed E-state index contributed by atoms with van der Waals surface area (Å²) in [5.74, 6) is -1.83. The van der Waals surface area contributed by atoms with E-state index in [-0.39, 0.29) is 37.3 Å². The van der Waals surface area contributed by atoms with Crippen LogP contribution < -0.4 is 5.32 Å². The van der Waals surface area contributed by atoms with E-state index < -0.39 is 22.4 Å². The van der Waals surface area contributed by atoms with Crippen LogP contribution in [0.4, 0.5) is 20.6 Å². The van der Waals surface area contributed by atoms with Gasteiger partial charge in [0.15, 0.2) is 5.79 Å². The Morgan fingerprint density at radius 2 is 2.00 bits per heavy atom. The van der Waals surface area contributed by atoms with Crippen molar-refractivity contribution in [3.8, 4) is 0 Å². The zero-order valence-corrected chi connectivity index (χ0v) is 15.3. The first-order valence-electron chi connectivity index (χ1n) is 7.91. The number of hydrogen-bond donors (Lipinski definition) is 2. The van der Waals surface area contributed by atoms with Gasteiger partial charge in [-0.25, -0.2) is 9.18 Å². The third kappa shape index (κ3) is 5.22. The molecule has 1 aromatic rings. The topological polar surface area (TPSA) is 84.7 Å². The number of alkyl halides is 1. The number of benzene rings is 1. The fraction of sp³-hybridized carbons (Fsp3) is 0.562. The van der Waals surface area contributed by atoms with Gasteiger partial charge in [0, 0.05) is 36.9 Å². The van der Waals surface area contributed by atoms with Crippen LogP contribution in [0.1, 0.15) is 33.6 Å². The van der Waals surface area contributed by atoms with Gasteiger partial charge >= 0.3 is 6.09 Å². The van der Waals surface area contributed by atoms with Crippen molar-refractivity contribution in [3.63, 3.8) is 0 Å². The zero-order chi connectivity index (χ0) is 18.8. The van der Waals surface area contributed by atoms with Gasteiger partial charge in [0.05, 0.1) is 4.92 Å². The van der Waals surface area contributed by atoms with E-state index in [2.05, 4.69) is 17.9 Å². The minimum atomic E-state index is -1.83. The summed E-state index contributed by atoms with van der Waals surface area (Å²) in [5, 5.41) is 13.8. The van der Waals surface area contributed by atoms with E-state index >= 15 is 4.39 Å². The van der Waals surface area contributed by atoms with Crippen molar-refractivity contribution in [1.29, 1.82) is 0 Å². The van der Waals surface area contributed by atoms with Crippen molar-refractivity contribution >= 4 is 30.1 Å². The Morgan fingerprint density at radius 1 is 1.40 bits per heavy atom. The van der Waals surface area contributed by atoms with Crippen molar-refractivity contribution in [2.75, 3.05) is 18.4 Å². The zero-order valence-electron chi connectivity index (χ0n) is 14.4. The van der Waals surface area contributed by atoms with Crippen LogP contribution >= 0.6 is 12.6 Å². The van der Waals surface area contributed by atoms with Gasteiger partial charge in [-0.1, -0.05) is 0 Å². The highest BCUT2D eigenvalue weighted by Gasteiger charge is 2.38. The summed E-state index contributed by atoms with van der Waals surface area (Å²) in [6, 6.07) is 4.25. The van der Waals surface area contributed by atoms with E-state index in [1.54, 1.807) is 26.8 Å². The lowest BCUT2D eigenvalue weighted by atomic mass is 10.0. The summed E-state index contributed by atoms with van der Waals surface area (Å²) < 4.78 is 20.3. The molecule has 1 aliphatic heterocycles. The molecule has 0 bridgehead atoms. The molecule has 1 heterocycles. The fourth-order valence-corrected chi connectivity index (χ4v) is 2.71. The molecule has 0 aromatic heterocycles.